The van der Waals surface area contributed by atoms with E-state index >= 15 is 0 Å². The average molecular weight is 250 g/mol. The van der Waals surface area contributed by atoms with Gasteiger partial charge in [0, 0.05) is 19.5 Å². The highest BCUT2D eigenvalue weighted by Crippen LogP contribution is 2.56. The molecular weight excluding hydrogens is 224 g/mol. The Bertz CT molecular complexity index is 300. The van der Waals surface area contributed by atoms with E-state index in [0.29, 0.717) is 11.8 Å². The Hall–Kier alpha value is -0.570. The maximum absolute atomic E-state index is 12.5. The van der Waals surface area contributed by atoms with Crippen LogP contribution in [0.3, 0.4) is 0 Å². The first kappa shape index (κ1) is 12.5. The third kappa shape index (κ3) is 2.42. The predicted molar refractivity (Wildman–Crippen MR) is 72.2 cm³/mol. The summed E-state index contributed by atoms with van der Waals surface area (Å²) in [5.41, 5.74) is 0. The summed E-state index contributed by atoms with van der Waals surface area (Å²) in [6, 6.07) is 0. The van der Waals surface area contributed by atoms with Gasteiger partial charge in [0.05, 0.1) is 0 Å². The lowest BCUT2D eigenvalue weighted by Gasteiger charge is -2.27. The van der Waals surface area contributed by atoms with Crippen LogP contribution in [0.2, 0.25) is 0 Å². The number of carbonyl (C=O) groups excluding carboxylic acids is 1. The zero-order valence-corrected chi connectivity index (χ0v) is 11.5. The van der Waals surface area contributed by atoms with Crippen LogP contribution >= 0.6 is 0 Å². The first-order chi connectivity index (χ1) is 8.77. The van der Waals surface area contributed by atoms with Gasteiger partial charge >= 0.3 is 0 Å². The molecule has 2 aliphatic carbocycles. The van der Waals surface area contributed by atoms with Gasteiger partial charge in [-0.3, -0.25) is 4.79 Å². The van der Waals surface area contributed by atoms with Crippen LogP contribution in [0.25, 0.3) is 0 Å². The number of hydrogen-bond acceptors (Lipinski definition) is 2. The summed E-state index contributed by atoms with van der Waals surface area (Å²) in [6.45, 7) is 3.24. The van der Waals surface area contributed by atoms with Gasteiger partial charge in [0.25, 0.3) is 0 Å². The van der Waals surface area contributed by atoms with Gasteiger partial charge in [0.2, 0.25) is 5.91 Å². The SMILES string of the molecule is CN(CC1CCNCC1)C(=O)C1C2CCCCC21. The number of nitrogens with one attached hydrogen (secondary N) is 1. The maximum atomic E-state index is 12.5. The van der Waals surface area contributed by atoms with Crippen LogP contribution in [0.15, 0.2) is 0 Å². The Morgan fingerprint density at radius 1 is 1.11 bits per heavy atom. The van der Waals surface area contributed by atoms with Gasteiger partial charge in [-0.25, -0.2) is 0 Å². The maximum Gasteiger partial charge on any atom is 0.226 e. The molecule has 0 radical (unpaired) electrons. The van der Waals surface area contributed by atoms with Gasteiger partial charge in [-0.2, -0.15) is 0 Å². The molecule has 1 aliphatic heterocycles. The van der Waals surface area contributed by atoms with Crippen LogP contribution in [0, 0.1) is 23.7 Å². The van der Waals surface area contributed by atoms with E-state index in [1.165, 1.54) is 38.5 Å². The lowest BCUT2D eigenvalue weighted by atomic mass is 9.97. The fourth-order valence-corrected chi connectivity index (χ4v) is 4.15. The van der Waals surface area contributed by atoms with E-state index in [1.54, 1.807) is 0 Å². The molecule has 3 nitrogen and oxygen atoms in total. The van der Waals surface area contributed by atoms with Crippen molar-refractivity contribution in [1.29, 1.82) is 0 Å². The van der Waals surface area contributed by atoms with E-state index in [-0.39, 0.29) is 0 Å². The monoisotopic (exact) mass is 250 g/mol. The molecule has 0 aromatic heterocycles. The standard InChI is InChI=1S/C15H26N2O/c1-17(10-11-6-8-16-9-7-11)15(18)14-12-4-2-3-5-13(12)14/h11-14,16H,2-10H2,1H3. The van der Waals surface area contributed by atoms with E-state index in [9.17, 15) is 4.79 Å². The van der Waals surface area contributed by atoms with Crippen molar-refractivity contribution < 1.29 is 4.79 Å². The molecule has 1 amide bonds. The Morgan fingerprint density at radius 2 is 1.72 bits per heavy atom. The summed E-state index contributed by atoms with van der Waals surface area (Å²) in [5.74, 6) is 3.08. The molecule has 102 valence electrons. The molecule has 1 N–H and O–H groups in total. The zero-order chi connectivity index (χ0) is 12.5. The summed E-state index contributed by atoms with van der Waals surface area (Å²) in [6.07, 6.45) is 7.78. The Labute approximate surface area is 110 Å². The van der Waals surface area contributed by atoms with Gasteiger partial charge in [-0.1, -0.05) is 12.8 Å². The summed E-state index contributed by atoms with van der Waals surface area (Å²) in [5, 5.41) is 3.39. The minimum absolute atomic E-state index is 0.402. The lowest BCUT2D eigenvalue weighted by molar-refractivity contribution is -0.132. The molecule has 1 heterocycles. The molecule has 2 atom stereocenters. The summed E-state index contributed by atoms with van der Waals surface area (Å²) in [7, 11) is 2.02. The van der Waals surface area contributed by atoms with Crippen LogP contribution < -0.4 is 5.32 Å². The van der Waals surface area contributed by atoms with Crippen molar-refractivity contribution in [2.75, 3.05) is 26.7 Å². The number of hydrogen-bond donors (Lipinski definition) is 1. The molecule has 2 saturated carbocycles. The normalized spacial score (nSPS) is 35.9. The molecule has 3 heteroatoms. The van der Waals surface area contributed by atoms with Crippen molar-refractivity contribution in [3.8, 4) is 0 Å². The molecule has 0 aromatic rings. The fraction of sp³-hybridized carbons (Fsp3) is 0.933. The van der Waals surface area contributed by atoms with Gasteiger partial charge < -0.3 is 10.2 Å². The third-order valence-corrected chi connectivity index (χ3v) is 5.31. The zero-order valence-electron chi connectivity index (χ0n) is 11.5. The Morgan fingerprint density at radius 3 is 2.33 bits per heavy atom. The van der Waals surface area contributed by atoms with Crippen molar-refractivity contribution in [3.05, 3.63) is 0 Å². The van der Waals surface area contributed by atoms with Gasteiger partial charge in [-0.15, -0.1) is 0 Å². The van der Waals surface area contributed by atoms with Gasteiger partial charge in [0.1, 0.15) is 0 Å². The molecule has 18 heavy (non-hydrogen) atoms. The quantitative estimate of drug-likeness (QED) is 0.829. The first-order valence-electron chi connectivity index (χ1n) is 7.73. The number of fused-ring (bicyclic) bond motifs is 1. The van der Waals surface area contributed by atoms with Crippen molar-refractivity contribution in [2.24, 2.45) is 23.7 Å². The van der Waals surface area contributed by atoms with Crippen molar-refractivity contribution >= 4 is 5.91 Å². The lowest BCUT2D eigenvalue weighted by Crippen LogP contribution is -2.38. The highest BCUT2D eigenvalue weighted by molar-refractivity contribution is 5.82. The summed E-state index contributed by atoms with van der Waals surface area (Å²) < 4.78 is 0. The van der Waals surface area contributed by atoms with Crippen LogP contribution in [0.5, 0.6) is 0 Å². The Kier molecular flexibility index (Phi) is 3.60. The molecule has 3 aliphatic rings. The van der Waals surface area contributed by atoms with Gasteiger partial charge in [0.15, 0.2) is 0 Å². The molecule has 0 aromatic carbocycles. The second kappa shape index (κ2) is 5.20. The Balaban J connectivity index is 1.49. The van der Waals surface area contributed by atoms with E-state index in [2.05, 4.69) is 5.32 Å². The average Bonchev–Trinajstić information content (AvgIpc) is 3.13. The van der Waals surface area contributed by atoms with Crippen molar-refractivity contribution in [2.45, 2.75) is 38.5 Å². The number of amides is 1. The molecule has 0 spiro atoms. The highest BCUT2D eigenvalue weighted by Gasteiger charge is 2.55. The second-order valence-electron chi connectivity index (χ2n) is 6.55. The number of rotatable bonds is 3. The van der Waals surface area contributed by atoms with E-state index in [4.69, 9.17) is 0 Å². The van der Waals surface area contributed by atoms with Crippen LogP contribution in [-0.2, 0) is 4.79 Å². The summed E-state index contributed by atoms with van der Waals surface area (Å²) >= 11 is 0. The van der Waals surface area contributed by atoms with E-state index in [1.807, 2.05) is 11.9 Å². The molecule has 1 saturated heterocycles. The minimum atomic E-state index is 0.402. The summed E-state index contributed by atoms with van der Waals surface area (Å²) in [4.78, 5) is 14.5. The van der Waals surface area contributed by atoms with Crippen molar-refractivity contribution in [3.63, 3.8) is 0 Å². The van der Waals surface area contributed by atoms with Gasteiger partial charge in [-0.05, 0) is 56.5 Å². The molecular formula is C15H26N2O. The van der Waals surface area contributed by atoms with Crippen LogP contribution in [0.4, 0.5) is 0 Å². The highest BCUT2D eigenvalue weighted by atomic mass is 16.2. The predicted octanol–water partition coefficient (Wildman–Crippen LogP) is 1.88. The number of piperidine rings is 1. The molecule has 3 fully saturated rings. The largest absolute Gasteiger partial charge is 0.345 e. The smallest absolute Gasteiger partial charge is 0.226 e. The number of nitrogens with zero attached hydrogens (tertiary/aromatic N) is 1. The molecule has 2 unspecified atom stereocenters. The van der Waals surface area contributed by atoms with E-state index < -0.39 is 0 Å². The number of carbonyl (C=O) groups is 1. The van der Waals surface area contributed by atoms with E-state index in [0.717, 1.165) is 37.4 Å². The van der Waals surface area contributed by atoms with Crippen LogP contribution in [0.1, 0.15) is 38.5 Å². The fourth-order valence-electron chi connectivity index (χ4n) is 4.15. The second-order valence-corrected chi connectivity index (χ2v) is 6.55. The minimum Gasteiger partial charge on any atom is -0.345 e. The van der Waals surface area contributed by atoms with Crippen molar-refractivity contribution in [1.82, 2.24) is 10.2 Å². The first-order valence-corrected chi connectivity index (χ1v) is 7.73. The topological polar surface area (TPSA) is 32.3 Å². The molecule has 0 bridgehead atoms. The third-order valence-electron chi connectivity index (χ3n) is 5.31. The van der Waals surface area contributed by atoms with Crippen LogP contribution in [-0.4, -0.2) is 37.5 Å². The molecule has 3 rings (SSSR count).